The van der Waals surface area contributed by atoms with Crippen molar-refractivity contribution in [3.8, 4) is 11.1 Å². The fourth-order valence-electron chi connectivity index (χ4n) is 4.37. The third-order valence-electron chi connectivity index (χ3n) is 6.35. The number of benzene rings is 2. The number of amides is 2. The number of hydrogen-bond acceptors (Lipinski definition) is 6. The van der Waals surface area contributed by atoms with Crippen molar-refractivity contribution >= 4 is 11.8 Å². The number of aryl methyl sites for hydroxylation is 2. The van der Waals surface area contributed by atoms with Crippen LogP contribution in [0.25, 0.3) is 11.1 Å². The summed E-state index contributed by atoms with van der Waals surface area (Å²) in [5.74, 6) is -0.736. The van der Waals surface area contributed by atoms with Crippen LogP contribution in [-0.2, 0) is 22.6 Å². The third kappa shape index (κ3) is 4.73. The lowest BCUT2D eigenvalue weighted by molar-refractivity contribution is -0.154. The lowest BCUT2D eigenvalue weighted by Crippen LogP contribution is -2.51. The number of carbonyl (C=O) groups is 2. The number of nitrogens with one attached hydrogen (secondary N) is 1. The maximum absolute atomic E-state index is 12.7. The number of fused-ring (bicyclic) bond motifs is 1. The van der Waals surface area contributed by atoms with Crippen LogP contribution in [0.4, 0.5) is 0 Å². The number of hydrogen-bond donors (Lipinski definition) is 3. The third-order valence-corrected chi connectivity index (χ3v) is 6.35. The van der Waals surface area contributed by atoms with Crippen LogP contribution >= 0.6 is 0 Å². The molecule has 1 aromatic heterocycles. The van der Waals surface area contributed by atoms with Gasteiger partial charge in [0, 0.05) is 18.7 Å². The van der Waals surface area contributed by atoms with Gasteiger partial charge in [-0.2, -0.15) is 0 Å². The SMILES string of the molecule is Cc1noc(C)c1-c1ccc([C@H](C)NC(=O)[C@H](O)[C@@H](O)C(=O)N2CCc3ccccc3C2)cc1. The van der Waals surface area contributed by atoms with E-state index in [-0.39, 0.29) is 0 Å². The van der Waals surface area contributed by atoms with Gasteiger partial charge in [-0.3, -0.25) is 9.59 Å². The molecule has 0 bridgehead atoms. The predicted octanol–water partition coefficient (Wildman–Crippen LogP) is 2.44. The molecule has 178 valence electrons. The summed E-state index contributed by atoms with van der Waals surface area (Å²) in [5, 5.41) is 27.4. The number of aromatic nitrogens is 1. The highest BCUT2D eigenvalue weighted by atomic mass is 16.5. The van der Waals surface area contributed by atoms with Crippen molar-refractivity contribution in [2.45, 2.75) is 52.0 Å². The molecule has 2 heterocycles. The summed E-state index contributed by atoms with van der Waals surface area (Å²) in [5.41, 5.74) is 5.65. The summed E-state index contributed by atoms with van der Waals surface area (Å²) in [6.07, 6.45) is -3.04. The second kappa shape index (κ2) is 9.79. The van der Waals surface area contributed by atoms with Crippen molar-refractivity contribution in [3.05, 3.63) is 76.7 Å². The average Bonchev–Trinajstić information content (AvgIpc) is 3.19. The molecule has 0 aliphatic carbocycles. The fourth-order valence-corrected chi connectivity index (χ4v) is 4.37. The Kier molecular flexibility index (Phi) is 6.81. The van der Waals surface area contributed by atoms with Gasteiger partial charge >= 0.3 is 0 Å². The minimum atomic E-state index is -1.87. The molecule has 34 heavy (non-hydrogen) atoms. The summed E-state index contributed by atoms with van der Waals surface area (Å²) in [4.78, 5) is 26.8. The van der Waals surface area contributed by atoms with Crippen molar-refractivity contribution in [1.29, 1.82) is 0 Å². The van der Waals surface area contributed by atoms with Gasteiger partial charge in [-0.1, -0.05) is 53.7 Å². The van der Waals surface area contributed by atoms with Crippen LogP contribution < -0.4 is 5.32 Å². The molecule has 3 aromatic rings. The second-order valence-corrected chi connectivity index (χ2v) is 8.72. The first-order chi connectivity index (χ1) is 16.3. The molecule has 3 atom stereocenters. The molecule has 4 rings (SSSR count). The quantitative estimate of drug-likeness (QED) is 0.517. The number of aliphatic hydroxyl groups is 2. The van der Waals surface area contributed by atoms with Gasteiger partial charge in [0.2, 0.25) is 0 Å². The molecule has 8 heteroatoms. The zero-order chi connectivity index (χ0) is 24.4. The van der Waals surface area contributed by atoms with E-state index in [1.165, 1.54) is 4.90 Å². The van der Waals surface area contributed by atoms with Gasteiger partial charge in [-0.15, -0.1) is 0 Å². The van der Waals surface area contributed by atoms with Crippen LogP contribution in [0.2, 0.25) is 0 Å². The molecule has 1 aliphatic rings. The van der Waals surface area contributed by atoms with E-state index in [9.17, 15) is 19.8 Å². The van der Waals surface area contributed by atoms with E-state index in [2.05, 4.69) is 10.5 Å². The summed E-state index contributed by atoms with van der Waals surface area (Å²) < 4.78 is 5.22. The summed E-state index contributed by atoms with van der Waals surface area (Å²) >= 11 is 0. The molecule has 0 unspecified atom stereocenters. The van der Waals surface area contributed by atoms with Crippen molar-refractivity contribution in [2.24, 2.45) is 0 Å². The molecule has 2 amide bonds. The van der Waals surface area contributed by atoms with Gasteiger partial charge in [0.25, 0.3) is 11.8 Å². The molecule has 0 saturated carbocycles. The molecular formula is C26H29N3O5. The Morgan fingerprint density at radius 2 is 1.71 bits per heavy atom. The Morgan fingerprint density at radius 3 is 2.35 bits per heavy atom. The molecule has 2 aromatic carbocycles. The Morgan fingerprint density at radius 1 is 1.03 bits per heavy atom. The van der Waals surface area contributed by atoms with Crippen molar-refractivity contribution in [3.63, 3.8) is 0 Å². The second-order valence-electron chi connectivity index (χ2n) is 8.72. The first-order valence-corrected chi connectivity index (χ1v) is 11.3. The van der Waals surface area contributed by atoms with E-state index in [0.29, 0.717) is 19.5 Å². The smallest absolute Gasteiger partial charge is 0.255 e. The highest BCUT2D eigenvalue weighted by molar-refractivity contribution is 5.91. The van der Waals surface area contributed by atoms with E-state index >= 15 is 0 Å². The normalized spacial score (nSPS) is 15.9. The Labute approximate surface area is 198 Å². The summed E-state index contributed by atoms with van der Waals surface area (Å²) in [6, 6.07) is 14.9. The largest absolute Gasteiger partial charge is 0.380 e. The van der Waals surface area contributed by atoms with Crippen molar-refractivity contribution in [1.82, 2.24) is 15.4 Å². The Hall–Kier alpha value is -3.49. The van der Waals surface area contributed by atoms with Crippen LogP contribution in [-0.4, -0.2) is 50.8 Å². The van der Waals surface area contributed by atoms with Crippen LogP contribution in [0.1, 0.15) is 41.1 Å². The highest BCUT2D eigenvalue weighted by Gasteiger charge is 2.35. The molecule has 1 aliphatic heterocycles. The summed E-state index contributed by atoms with van der Waals surface area (Å²) in [6.45, 7) is 6.26. The van der Waals surface area contributed by atoms with E-state index in [4.69, 9.17) is 4.52 Å². The van der Waals surface area contributed by atoms with Gasteiger partial charge in [0.05, 0.1) is 11.7 Å². The van der Waals surface area contributed by atoms with Gasteiger partial charge in [0.15, 0.2) is 12.2 Å². The maximum Gasteiger partial charge on any atom is 0.255 e. The van der Waals surface area contributed by atoms with Crippen molar-refractivity contribution in [2.75, 3.05) is 6.54 Å². The average molecular weight is 464 g/mol. The van der Waals surface area contributed by atoms with E-state index < -0.39 is 30.1 Å². The van der Waals surface area contributed by atoms with Gasteiger partial charge in [-0.05, 0) is 49.4 Å². The zero-order valence-corrected chi connectivity index (χ0v) is 19.5. The minimum absolute atomic E-state index is 0.342. The highest BCUT2D eigenvalue weighted by Crippen LogP contribution is 2.28. The monoisotopic (exact) mass is 463 g/mol. The number of rotatable bonds is 6. The number of aliphatic hydroxyl groups excluding tert-OH is 2. The topological polar surface area (TPSA) is 116 Å². The molecule has 0 spiro atoms. The fraction of sp³-hybridized carbons (Fsp3) is 0.346. The molecule has 0 fully saturated rings. The Bertz CT molecular complexity index is 1170. The van der Waals surface area contributed by atoms with Crippen LogP contribution in [0, 0.1) is 13.8 Å². The van der Waals surface area contributed by atoms with Crippen molar-refractivity contribution < 1.29 is 24.3 Å². The first-order valence-electron chi connectivity index (χ1n) is 11.3. The van der Waals surface area contributed by atoms with Crippen LogP contribution in [0.15, 0.2) is 53.1 Å². The van der Waals surface area contributed by atoms with E-state index in [0.717, 1.165) is 39.3 Å². The molecule has 0 radical (unpaired) electrons. The molecule has 3 N–H and O–H groups in total. The number of carbonyl (C=O) groups excluding carboxylic acids is 2. The first kappa shape index (κ1) is 23.7. The zero-order valence-electron chi connectivity index (χ0n) is 19.5. The van der Waals surface area contributed by atoms with Gasteiger partial charge < -0.3 is 25.0 Å². The summed E-state index contributed by atoms with van der Waals surface area (Å²) in [7, 11) is 0. The predicted molar refractivity (Wildman–Crippen MR) is 126 cm³/mol. The number of nitrogens with zero attached hydrogens (tertiary/aromatic N) is 2. The minimum Gasteiger partial charge on any atom is -0.380 e. The van der Waals surface area contributed by atoms with Crippen LogP contribution in [0.3, 0.4) is 0 Å². The lowest BCUT2D eigenvalue weighted by atomic mass is 9.99. The lowest BCUT2D eigenvalue weighted by Gasteiger charge is -2.31. The van der Waals surface area contributed by atoms with Gasteiger partial charge in [0.1, 0.15) is 5.76 Å². The Balaban J connectivity index is 1.36. The maximum atomic E-state index is 12.7. The van der Waals surface area contributed by atoms with Crippen LogP contribution in [0.5, 0.6) is 0 Å². The molecular weight excluding hydrogens is 434 g/mol. The standard InChI is InChI=1S/C26H29N3O5/c1-15(18-8-10-20(11-9-18)22-16(2)28-34-17(22)3)27-25(32)23(30)24(31)26(33)29-13-12-19-6-4-5-7-21(19)14-29/h4-11,15,23-24,30-31H,12-14H2,1-3H3,(H,27,32)/t15-,23+,24+/m0/s1. The van der Waals surface area contributed by atoms with E-state index in [1.54, 1.807) is 6.92 Å². The molecule has 0 saturated heterocycles. The van der Waals surface area contributed by atoms with Gasteiger partial charge in [-0.25, -0.2) is 0 Å². The molecule has 8 nitrogen and oxygen atoms in total. The van der Waals surface area contributed by atoms with E-state index in [1.807, 2.05) is 62.4 Å².